The van der Waals surface area contributed by atoms with Gasteiger partial charge in [0.25, 0.3) is 5.56 Å². The van der Waals surface area contributed by atoms with Gasteiger partial charge in [-0.3, -0.25) is 14.4 Å². The second-order valence-electron chi connectivity index (χ2n) is 6.00. The Morgan fingerprint density at radius 1 is 1.07 bits per heavy atom. The number of methoxy groups -OCH3 is 1. The number of benzene rings is 2. The first-order valence-corrected chi connectivity index (χ1v) is 11.2. The standard InChI is InChI=1S/C21H22N4O2S2/c1-23-18(22)17-20(26)24-19(13-5-9-15(27-2)10-6-13)25(21(17)29-4)14-7-11-16(28-3)12-8-14/h5-12H,1-4H3,(H2,22,23). The molecular formula is C21H22N4O2S2. The quantitative estimate of drug-likeness (QED) is 0.280. The molecule has 0 unspecified atom stereocenters. The van der Waals surface area contributed by atoms with E-state index >= 15 is 0 Å². The van der Waals surface area contributed by atoms with Gasteiger partial charge in [0.05, 0.1) is 12.1 Å². The number of nitrogens with two attached hydrogens (primary N) is 1. The lowest BCUT2D eigenvalue weighted by atomic mass is 10.1. The highest BCUT2D eigenvalue weighted by atomic mass is 32.2. The number of aromatic nitrogens is 2. The van der Waals surface area contributed by atoms with Crippen molar-refractivity contribution in [1.29, 1.82) is 0 Å². The van der Waals surface area contributed by atoms with E-state index in [-0.39, 0.29) is 5.84 Å². The zero-order chi connectivity index (χ0) is 21.0. The summed E-state index contributed by atoms with van der Waals surface area (Å²) in [6, 6.07) is 15.5. The van der Waals surface area contributed by atoms with Gasteiger partial charge in [0, 0.05) is 23.2 Å². The minimum Gasteiger partial charge on any atom is -0.497 e. The number of ether oxygens (including phenoxy) is 1. The number of thioether (sulfide) groups is 2. The van der Waals surface area contributed by atoms with Crippen LogP contribution in [0.15, 0.2) is 68.2 Å². The van der Waals surface area contributed by atoms with Gasteiger partial charge in [0.2, 0.25) is 0 Å². The van der Waals surface area contributed by atoms with Crippen LogP contribution in [0.1, 0.15) is 5.56 Å². The van der Waals surface area contributed by atoms with Gasteiger partial charge in [-0.05, 0) is 61.0 Å². The lowest BCUT2D eigenvalue weighted by Gasteiger charge is -2.20. The van der Waals surface area contributed by atoms with Crippen LogP contribution in [0.5, 0.6) is 5.75 Å². The number of hydrogen-bond donors (Lipinski definition) is 1. The third-order valence-electron chi connectivity index (χ3n) is 4.42. The molecule has 8 heteroatoms. The minimum absolute atomic E-state index is 0.169. The monoisotopic (exact) mass is 426 g/mol. The second kappa shape index (κ2) is 9.19. The van der Waals surface area contributed by atoms with Gasteiger partial charge in [-0.2, -0.15) is 4.98 Å². The molecule has 1 aromatic heterocycles. The molecule has 2 N–H and O–H groups in total. The molecule has 3 rings (SSSR count). The summed E-state index contributed by atoms with van der Waals surface area (Å²) < 4.78 is 7.20. The first-order valence-electron chi connectivity index (χ1n) is 8.76. The first-order chi connectivity index (χ1) is 14.0. The summed E-state index contributed by atoms with van der Waals surface area (Å²) in [4.78, 5) is 22.4. The molecule has 0 bridgehead atoms. The van der Waals surface area contributed by atoms with Crippen molar-refractivity contribution < 1.29 is 4.74 Å². The number of aliphatic imine (C=N–C) groups is 1. The van der Waals surface area contributed by atoms with E-state index < -0.39 is 5.56 Å². The van der Waals surface area contributed by atoms with E-state index in [1.807, 2.05) is 65.6 Å². The van der Waals surface area contributed by atoms with Crippen LogP contribution in [0.2, 0.25) is 0 Å². The van der Waals surface area contributed by atoms with Crippen LogP contribution in [0, 0.1) is 0 Å². The van der Waals surface area contributed by atoms with Crippen LogP contribution in [0.3, 0.4) is 0 Å². The molecule has 3 aromatic rings. The van der Waals surface area contributed by atoms with E-state index in [0.29, 0.717) is 16.4 Å². The predicted octanol–water partition coefficient (Wildman–Crippen LogP) is 3.69. The fourth-order valence-corrected chi connectivity index (χ4v) is 4.11. The van der Waals surface area contributed by atoms with Crippen LogP contribution in [-0.2, 0) is 0 Å². The molecule has 0 fully saturated rings. The molecular weight excluding hydrogens is 404 g/mol. The van der Waals surface area contributed by atoms with Crippen molar-refractivity contribution in [2.45, 2.75) is 9.92 Å². The molecule has 6 nitrogen and oxygen atoms in total. The van der Waals surface area contributed by atoms with Gasteiger partial charge in [-0.15, -0.1) is 23.5 Å². The average molecular weight is 427 g/mol. The summed E-state index contributed by atoms with van der Waals surface area (Å²) in [5.74, 6) is 1.44. The van der Waals surface area contributed by atoms with Crippen molar-refractivity contribution in [3.63, 3.8) is 0 Å². The highest BCUT2D eigenvalue weighted by molar-refractivity contribution is 7.98. The van der Waals surface area contributed by atoms with E-state index in [9.17, 15) is 4.79 Å². The van der Waals surface area contributed by atoms with Gasteiger partial charge >= 0.3 is 0 Å². The molecule has 0 radical (unpaired) electrons. The Balaban J connectivity index is 2.36. The smallest absolute Gasteiger partial charge is 0.285 e. The minimum atomic E-state index is -0.403. The molecule has 29 heavy (non-hydrogen) atoms. The largest absolute Gasteiger partial charge is 0.497 e. The van der Waals surface area contributed by atoms with Gasteiger partial charge in [0.1, 0.15) is 23.0 Å². The lowest BCUT2D eigenvalue weighted by molar-refractivity contribution is 0.415. The highest BCUT2D eigenvalue weighted by Crippen LogP contribution is 2.30. The van der Waals surface area contributed by atoms with Crippen molar-refractivity contribution >= 4 is 29.4 Å². The SMILES string of the molecule is CN=C(N)c1c(SC)n(-c2ccc(SC)cc2)c(-c2ccc(OC)cc2)nc1=O. The van der Waals surface area contributed by atoms with Crippen molar-refractivity contribution in [2.24, 2.45) is 10.7 Å². The molecule has 2 aromatic carbocycles. The van der Waals surface area contributed by atoms with E-state index in [1.165, 1.54) is 11.8 Å². The van der Waals surface area contributed by atoms with Gasteiger partial charge in [-0.25, -0.2) is 0 Å². The van der Waals surface area contributed by atoms with E-state index in [4.69, 9.17) is 10.5 Å². The number of amidine groups is 1. The molecule has 150 valence electrons. The van der Waals surface area contributed by atoms with Gasteiger partial charge in [0.15, 0.2) is 0 Å². The van der Waals surface area contributed by atoms with Crippen molar-refractivity contribution in [3.05, 3.63) is 64.4 Å². The van der Waals surface area contributed by atoms with Crippen LogP contribution >= 0.6 is 23.5 Å². The van der Waals surface area contributed by atoms with Gasteiger partial charge < -0.3 is 10.5 Å². The zero-order valence-electron chi connectivity index (χ0n) is 16.7. The Morgan fingerprint density at radius 3 is 2.24 bits per heavy atom. The van der Waals surface area contributed by atoms with Crippen molar-refractivity contribution in [3.8, 4) is 22.8 Å². The summed E-state index contributed by atoms with van der Waals surface area (Å²) in [5, 5.41) is 0.691. The maximum Gasteiger partial charge on any atom is 0.285 e. The van der Waals surface area contributed by atoms with Crippen LogP contribution in [-0.4, -0.2) is 42.1 Å². The summed E-state index contributed by atoms with van der Waals surface area (Å²) in [7, 11) is 3.18. The topological polar surface area (TPSA) is 82.5 Å². The third kappa shape index (κ3) is 4.18. The summed E-state index contributed by atoms with van der Waals surface area (Å²) in [6.07, 6.45) is 3.94. The Labute approximate surface area is 178 Å². The van der Waals surface area contributed by atoms with Crippen molar-refractivity contribution in [2.75, 3.05) is 26.7 Å². The predicted molar refractivity (Wildman–Crippen MR) is 122 cm³/mol. The molecule has 0 saturated carbocycles. The Morgan fingerprint density at radius 2 is 1.72 bits per heavy atom. The number of nitrogens with zero attached hydrogens (tertiary/aromatic N) is 3. The maximum atomic E-state index is 12.9. The average Bonchev–Trinajstić information content (AvgIpc) is 2.77. The molecule has 0 aliphatic carbocycles. The van der Waals surface area contributed by atoms with Gasteiger partial charge in [-0.1, -0.05) is 0 Å². The fourth-order valence-electron chi connectivity index (χ4n) is 2.93. The summed E-state index contributed by atoms with van der Waals surface area (Å²) in [5.41, 5.74) is 7.64. The third-order valence-corrected chi connectivity index (χ3v) is 5.94. The number of rotatable bonds is 6. The maximum absolute atomic E-state index is 12.9. The molecule has 0 saturated heterocycles. The molecule has 0 aliphatic rings. The van der Waals surface area contributed by atoms with Crippen LogP contribution in [0.25, 0.3) is 17.1 Å². The molecule has 0 amide bonds. The lowest BCUT2D eigenvalue weighted by Crippen LogP contribution is -2.29. The Hall–Kier alpha value is -2.71. The molecule has 0 atom stereocenters. The molecule has 1 heterocycles. The number of hydrogen-bond acceptors (Lipinski definition) is 6. The molecule has 0 spiro atoms. The fraction of sp³-hybridized carbons (Fsp3) is 0.190. The van der Waals surface area contributed by atoms with E-state index in [2.05, 4.69) is 9.98 Å². The first kappa shape index (κ1) is 21.0. The second-order valence-corrected chi connectivity index (χ2v) is 7.67. The molecule has 0 aliphatic heterocycles. The van der Waals surface area contributed by atoms with Crippen LogP contribution in [0.4, 0.5) is 0 Å². The van der Waals surface area contributed by atoms with Crippen LogP contribution < -0.4 is 16.0 Å². The summed E-state index contributed by atoms with van der Waals surface area (Å²) >= 11 is 3.10. The normalized spacial score (nSPS) is 11.5. The summed E-state index contributed by atoms with van der Waals surface area (Å²) in [6.45, 7) is 0. The Kier molecular flexibility index (Phi) is 6.66. The van der Waals surface area contributed by atoms with Crippen molar-refractivity contribution in [1.82, 2.24) is 9.55 Å². The van der Waals surface area contributed by atoms with E-state index in [1.54, 1.807) is 25.9 Å². The Bertz CT molecular complexity index is 1090. The van der Waals surface area contributed by atoms with E-state index in [0.717, 1.165) is 21.9 Å². The zero-order valence-corrected chi connectivity index (χ0v) is 18.3. The highest BCUT2D eigenvalue weighted by Gasteiger charge is 2.21.